The van der Waals surface area contributed by atoms with Crippen LogP contribution < -0.4 is 10.2 Å². The number of hydrogen-bond donors (Lipinski definition) is 1. The number of nitrogens with one attached hydrogen (secondary N) is 1. The molecule has 3 heterocycles. The van der Waals surface area contributed by atoms with E-state index in [0.29, 0.717) is 17.0 Å². The normalized spacial score (nSPS) is 11.7. The molecule has 0 aliphatic heterocycles. The first-order chi connectivity index (χ1) is 15.6. The summed E-state index contributed by atoms with van der Waals surface area (Å²) in [6.45, 7) is 0.156. The van der Waals surface area contributed by atoms with E-state index in [4.69, 9.17) is 4.42 Å². The van der Waals surface area contributed by atoms with Gasteiger partial charge in [-0.05, 0) is 59.5 Å². The van der Waals surface area contributed by atoms with Crippen LogP contribution in [-0.4, -0.2) is 16.8 Å². The number of pyridine rings is 1. The highest BCUT2D eigenvalue weighted by atomic mass is 32.1. The number of amides is 2. The average molecular weight is 450 g/mol. The summed E-state index contributed by atoms with van der Waals surface area (Å²) in [7, 11) is 0. The Morgan fingerprint density at radius 1 is 1.09 bits per heavy atom. The summed E-state index contributed by atoms with van der Waals surface area (Å²) in [5, 5.41) is 4.70. The summed E-state index contributed by atoms with van der Waals surface area (Å²) in [4.78, 5) is 33.1. The standard InChI is InChI=1S/C24H20FN3O3S/c25-18-4-1-5-19(14-18)28(22(29)15-21-7-3-13-32-21)23(17-8-10-26-11-9-17)24(30)27-16-20-6-2-12-31-20/h1-14,23H,15-16H2,(H,27,30). The van der Waals surface area contributed by atoms with Gasteiger partial charge in [-0.2, -0.15) is 0 Å². The summed E-state index contributed by atoms with van der Waals surface area (Å²) in [6.07, 6.45) is 4.71. The van der Waals surface area contributed by atoms with Crippen molar-refractivity contribution in [2.24, 2.45) is 0 Å². The quantitative estimate of drug-likeness (QED) is 0.430. The van der Waals surface area contributed by atoms with Crippen LogP contribution in [0.4, 0.5) is 10.1 Å². The fourth-order valence-corrected chi connectivity index (χ4v) is 4.05. The third kappa shape index (κ3) is 5.09. The number of carbonyl (C=O) groups is 2. The maximum Gasteiger partial charge on any atom is 0.248 e. The molecule has 6 nitrogen and oxygen atoms in total. The molecule has 0 spiro atoms. The molecular weight excluding hydrogens is 429 g/mol. The molecule has 1 aromatic carbocycles. The molecule has 0 saturated carbocycles. The number of carbonyl (C=O) groups excluding carboxylic acids is 2. The molecule has 0 aliphatic carbocycles. The number of thiophene rings is 1. The molecule has 32 heavy (non-hydrogen) atoms. The van der Waals surface area contributed by atoms with Crippen molar-refractivity contribution in [2.45, 2.75) is 19.0 Å². The van der Waals surface area contributed by atoms with Gasteiger partial charge in [0.25, 0.3) is 0 Å². The van der Waals surface area contributed by atoms with Crippen molar-refractivity contribution in [3.05, 3.63) is 107 Å². The third-order valence-electron chi connectivity index (χ3n) is 4.81. The van der Waals surface area contributed by atoms with Gasteiger partial charge in [-0.3, -0.25) is 19.5 Å². The Morgan fingerprint density at radius 3 is 2.62 bits per heavy atom. The fourth-order valence-electron chi connectivity index (χ4n) is 3.36. The van der Waals surface area contributed by atoms with Crippen LogP contribution in [0.1, 0.15) is 22.2 Å². The zero-order valence-electron chi connectivity index (χ0n) is 17.0. The van der Waals surface area contributed by atoms with E-state index in [1.165, 1.54) is 40.7 Å². The molecule has 4 rings (SSSR count). The number of aromatic nitrogens is 1. The molecule has 0 fully saturated rings. The predicted molar refractivity (Wildman–Crippen MR) is 119 cm³/mol. The van der Waals surface area contributed by atoms with E-state index in [2.05, 4.69) is 10.3 Å². The van der Waals surface area contributed by atoms with Crippen molar-refractivity contribution in [1.82, 2.24) is 10.3 Å². The van der Waals surface area contributed by atoms with Gasteiger partial charge in [0.2, 0.25) is 11.8 Å². The van der Waals surface area contributed by atoms with Crippen molar-refractivity contribution in [2.75, 3.05) is 4.90 Å². The zero-order chi connectivity index (χ0) is 22.3. The van der Waals surface area contributed by atoms with Crippen molar-refractivity contribution in [1.29, 1.82) is 0 Å². The number of nitrogens with zero attached hydrogens (tertiary/aromatic N) is 2. The number of anilines is 1. The van der Waals surface area contributed by atoms with Gasteiger partial charge < -0.3 is 9.73 Å². The molecule has 3 aromatic heterocycles. The highest BCUT2D eigenvalue weighted by molar-refractivity contribution is 7.10. The van der Waals surface area contributed by atoms with E-state index in [1.54, 1.807) is 42.7 Å². The number of furan rings is 1. The number of rotatable bonds is 8. The topological polar surface area (TPSA) is 75.4 Å². The number of halogens is 1. The second kappa shape index (κ2) is 10.0. The minimum atomic E-state index is -1.03. The minimum Gasteiger partial charge on any atom is -0.467 e. The molecule has 162 valence electrons. The van der Waals surface area contributed by atoms with Gasteiger partial charge in [-0.15, -0.1) is 11.3 Å². The summed E-state index contributed by atoms with van der Waals surface area (Å²) in [5.41, 5.74) is 0.849. The lowest BCUT2D eigenvalue weighted by molar-refractivity contribution is -0.126. The van der Waals surface area contributed by atoms with Gasteiger partial charge >= 0.3 is 0 Å². The number of benzene rings is 1. The molecule has 8 heteroatoms. The van der Waals surface area contributed by atoms with Crippen molar-refractivity contribution >= 4 is 28.8 Å². The molecule has 1 unspecified atom stereocenters. The van der Waals surface area contributed by atoms with Gasteiger partial charge in [0.05, 0.1) is 19.2 Å². The minimum absolute atomic E-state index is 0.0846. The summed E-state index contributed by atoms with van der Waals surface area (Å²) in [5.74, 6) is -0.667. The van der Waals surface area contributed by atoms with Crippen LogP contribution in [0.5, 0.6) is 0 Å². The predicted octanol–water partition coefficient (Wildman–Crippen LogP) is 4.51. The van der Waals surface area contributed by atoms with Crippen molar-refractivity contribution in [3.8, 4) is 0 Å². The van der Waals surface area contributed by atoms with Gasteiger partial charge in [-0.1, -0.05) is 12.1 Å². The van der Waals surface area contributed by atoms with Gasteiger partial charge in [0.15, 0.2) is 0 Å². The Kier molecular flexibility index (Phi) is 6.72. The van der Waals surface area contributed by atoms with E-state index in [-0.39, 0.29) is 18.9 Å². The monoisotopic (exact) mass is 449 g/mol. The smallest absolute Gasteiger partial charge is 0.248 e. The van der Waals surface area contributed by atoms with Crippen LogP contribution in [0.15, 0.2) is 89.1 Å². The lowest BCUT2D eigenvalue weighted by Gasteiger charge is -2.31. The van der Waals surface area contributed by atoms with E-state index >= 15 is 0 Å². The first-order valence-corrected chi connectivity index (χ1v) is 10.8. The SMILES string of the molecule is O=C(NCc1ccco1)C(c1ccncc1)N(C(=O)Cc1cccs1)c1cccc(F)c1. The van der Waals surface area contributed by atoms with Gasteiger partial charge in [-0.25, -0.2) is 4.39 Å². The molecule has 2 amide bonds. The Bertz CT molecular complexity index is 1160. The average Bonchev–Trinajstić information content (AvgIpc) is 3.50. The van der Waals surface area contributed by atoms with Crippen LogP contribution in [0, 0.1) is 5.82 Å². The lowest BCUT2D eigenvalue weighted by atomic mass is 10.0. The molecule has 0 bridgehead atoms. The molecule has 0 aliphatic rings. The maximum absolute atomic E-state index is 14.1. The Labute approximate surface area is 188 Å². The van der Waals surface area contributed by atoms with E-state index < -0.39 is 17.8 Å². The lowest BCUT2D eigenvalue weighted by Crippen LogP contribution is -2.44. The molecule has 0 radical (unpaired) electrons. The largest absolute Gasteiger partial charge is 0.467 e. The van der Waals surface area contributed by atoms with Gasteiger partial charge in [0, 0.05) is 23.0 Å². The van der Waals surface area contributed by atoms with E-state index in [0.717, 1.165) is 4.88 Å². The van der Waals surface area contributed by atoms with Gasteiger partial charge in [0.1, 0.15) is 17.6 Å². The highest BCUT2D eigenvalue weighted by Crippen LogP contribution is 2.29. The Balaban J connectivity index is 1.72. The first-order valence-electron chi connectivity index (χ1n) is 9.92. The van der Waals surface area contributed by atoms with Crippen LogP contribution in [0.25, 0.3) is 0 Å². The van der Waals surface area contributed by atoms with Crippen LogP contribution in [-0.2, 0) is 22.6 Å². The summed E-state index contributed by atoms with van der Waals surface area (Å²) < 4.78 is 19.4. The highest BCUT2D eigenvalue weighted by Gasteiger charge is 2.33. The van der Waals surface area contributed by atoms with Crippen LogP contribution in [0.3, 0.4) is 0 Å². The molecule has 0 saturated heterocycles. The van der Waals surface area contributed by atoms with Crippen LogP contribution >= 0.6 is 11.3 Å². The second-order valence-electron chi connectivity index (χ2n) is 6.98. The molecule has 4 aromatic rings. The van der Waals surface area contributed by atoms with E-state index in [9.17, 15) is 14.0 Å². The summed E-state index contributed by atoms with van der Waals surface area (Å²) in [6, 6.07) is 15.2. The van der Waals surface area contributed by atoms with Crippen molar-refractivity contribution < 1.29 is 18.4 Å². The Morgan fingerprint density at radius 2 is 1.94 bits per heavy atom. The van der Waals surface area contributed by atoms with E-state index in [1.807, 2.05) is 17.5 Å². The molecular formula is C24H20FN3O3S. The third-order valence-corrected chi connectivity index (χ3v) is 5.68. The summed E-state index contributed by atoms with van der Waals surface area (Å²) >= 11 is 1.45. The number of hydrogen-bond acceptors (Lipinski definition) is 5. The fraction of sp³-hybridized carbons (Fsp3) is 0.125. The zero-order valence-corrected chi connectivity index (χ0v) is 17.8. The van der Waals surface area contributed by atoms with Crippen molar-refractivity contribution in [3.63, 3.8) is 0 Å². The van der Waals surface area contributed by atoms with Crippen LogP contribution in [0.2, 0.25) is 0 Å². The maximum atomic E-state index is 14.1. The first kappa shape index (κ1) is 21.5. The second-order valence-corrected chi connectivity index (χ2v) is 8.01. The Hall–Kier alpha value is -3.78. The molecule has 1 N–H and O–H groups in total. The molecule has 1 atom stereocenters.